The maximum atomic E-state index is 5.64. The van der Waals surface area contributed by atoms with E-state index in [4.69, 9.17) is 9.47 Å². The lowest BCUT2D eigenvalue weighted by Gasteiger charge is -2.12. The quantitative estimate of drug-likeness (QED) is 0.791. The number of benzene rings is 1. The van der Waals surface area contributed by atoms with Crippen molar-refractivity contribution in [3.63, 3.8) is 0 Å². The molecule has 84 valence electrons. The van der Waals surface area contributed by atoms with Crippen LogP contribution in [0.5, 0.6) is 0 Å². The summed E-state index contributed by atoms with van der Waals surface area (Å²) in [6.07, 6.45) is 0.143. The molecule has 0 aliphatic carbocycles. The summed E-state index contributed by atoms with van der Waals surface area (Å²) < 4.78 is 12.0. The standard InChI is InChI=1S/C12H17BrO2/c1-3-14-8-10(2)15-9-11-5-4-6-12(13)7-11/h4-7,10H,3,8-9H2,1-2H3. The maximum absolute atomic E-state index is 5.64. The van der Waals surface area contributed by atoms with Crippen molar-refractivity contribution < 1.29 is 9.47 Å². The van der Waals surface area contributed by atoms with E-state index >= 15 is 0 Å². The molecule has 0 amide bonds. The first-order valence-corrected chi connectivity index (χ1v) is 5.95. The molecule has 0 saturated heterocycles. The summed E-state index contributed by atoms with van der Waals surface area (Å²) in [5.74, 6) is 0. The Kier molecular flexibility index (Phi) is 5.91. The van der Waals surface area contributed by atoms with Crippen molar-refractivity contribution in [2.24, 2.45) is 0 Å². The summed E-state index contributed by atoms with van der Waals surface area (Å²) in [5, 5.41) is 0. The van der Waals surface area contributed by atoms with Gasteiger partial charge in [0.2, 0.25) is 0 Å². The van der Waals surface area contributed by atoms with Crippen LogP contribution in [-0.2, 0) is 16.1 Å². The first-order chi connectivity index (χ1) is 7.22. The number of ether oxygens (including phenoxy) is 2. The minimum atomic E-state index is 0.143. The summed E-state index contributed by atoms with van der Waals surface area (Å²) in [5.41, 5.74) is 1.17. The van der Waals surface area contributed by atoms with Crippen LogP contribution in [0, 0.1) is 0 Å². The van der Waals surface area contributed by atoms with Crippen molar-refractivity contribution in [1.82, 2.24) is 0 Å². The smallest absolute Gasteiger partial charge is 0.0785 e. The van der Waals surface area contributed by atoms with Gasteiger partial charge in [-0.2, -0.15) is 0 Å². The molecule has 15 heavy (non-hydrogen) atoms. The highest BCUT2D eigenvalue weighted by atomic mass is 79.9. The van der Waals surface area contributed by atoms with Crippen LogP contribution in [0.2, 0.25) is 0 Å². The number of halogens is 1. The lowest BCUT2D eigenvalue weighted by Crippen LogP contribution is -2.15. The predicted octanol–water partition coefficient (Wildman–Crippen LogP) is 3.39. The molecule has 1 aromatic rings. The maximum Gasteiger partial charge on any atom is 0.0785 e. The zero-order valence-electron chi connectivity index (χ0n) is 9.20. The Balaban J connectivity index is 2.30. The second kappa shape index (κ2) is 6.99. The van der Waals surface area contributed by atoms with Gasteiger partial charge in [-0.25, -0.2) is 0 Å². The normalized spacial score (nSPS) is 12.7. The molecule has 1 rings (SSSR count). The zero-order valence-corrected chi connectivity index (χ0v) is 10.8. The second-order valence-corrected chi connectivity index (χ2v) is 4.33. The highest BCUT2D eigenvalue weighted by Gasteiger charge is 2.02. The summed E-state index contributed by atoms with van der Waals surface area (Å²) >= 11 is 3.43. The molecule has 0 N–H and O–H groups in total. The Morgan fingerprint density at radius 1 is 1.40 bits per heavy atom. The average Bonchev–Trinajstić information content (AvgIpc) is 2.23. The molecular weight excluding hydrogens is 256 g/mol. The molecule has 0 aliphatic rings. The van der Waals surface area contributed by atoms with Crippen LogP contribution in [-0.4, -0.2) is 19.3 Å². The molecule has 0 aliphatic heterocycles. The molecule has 0 heterocycles. The van der Waals surface area contributed by atoms with Crippen LogP contribution in [0.15, 0.2) is 28.7 Å². The van der Waals surface area contributed by atoms with E-state index in [2.05, 4.69) is 28.1 Å². The monoisotopic (exact) mass is 272 g/mol. The molecule has 3 heteroatoms. The van der Waals surface area contributed by atoms with Gasteiger partial charge in [0.05, 0.1) is 19.3 Å². The predicted molar refractivity (Wildman–Crippen MR) is 64.9 cm³/mol. The van der Waals surface area contributed by atoms with Gasteiger partial charge in [-0.05, 0) is 31.5 Å². The van der Waals surface area contributed by atoms with Gasteiger partial charge in [0, 0.05) is 11.1 Å². The topological polar surface area (TPSA) is 18.5 Å². The molecule has 2 nitrogen and oxygen atoms in total. The third kappa shape index (κ3) is 5.30. The van der Waals surface area contributed by atoms with Gasteiger partial charge in [-0.15, -0.1) is 0 Å². The van der Waals surface area contributed by atoms with E-state index in [0.717, 1.165) is 11.1 Å². The van der Waals surface area contributed by atoms with Crippen molar-refractivity contribution in [1.29, 1.82) is 0 Å². The Bertz CT molecular complexity index is 289. The van der Waals surface area contributed by atoms with Crippen molar-refractivity contribution in [3.05, 3.63) is 34.3 Å². The highest BCUT2D eigenvalue weighted by molar-refractivity contribution is 9.10. The highest BCUT2D eigenvalue weighted by Crippen LogP contribution is 2.12. The van der Waals surface area contributed by atoms with E-state index in [1.807, 2.05) is 26.0 Å². The minimum absolute atomic E-state index is 0.143. The summed E-state index contributed by atoms with van der Waals surface area (Å²) in [7, 11) is 0. The largest absolute Gasteiger partial charge is 0.379 e. The SMILES string of the molecule is CCOCC(C)OCc1cccc(Br)c1. The molecule has 1 unspecified atom stereocenters. The van der Waals surface area contributed by atoms with Gasteiger partial charge >= 0.3 is 0 Å². The van der Waals surface area contributed by atoms with Crippen LogP contribution in [0.4, 0.5) is 0 Å². The fourth-order valence-electron chi connectivity index (χ4n) is 1.20. The van der Waals surface area contributed by atoms with E-state index < -0.39 is 0 Å². The van der Waals surface area contributed by atoms with Crippen molar-refractivity contribution in [3.8, 4) is 0 Å². The first-order valence-electron chi connectivity index (χ1n) is 5.16. The Morgan fingerprint density at radius 2 is 2.20 bits per heavy atom. The molecule has 0 saturated carbocycles. The molecule has 0 fully saturated rings. The lowest BCUT2D eigenvalue weighted by molar-refractivity contribution is -0.0116. The second-order valence-electron chi connectivity index (χ2n) is 3.41. The van der Waals surface area contributed by atoms with Gasteiger partial charge in [0.1, 0.15) is 0 Å². The summed E-state index contributed by atoms with van der Waals surface area (Å²) in [6, 6.07) is 8.13. The minimum Gasteiger partial charge on any atom is -0.379 e. The van der Waals surface area contributed by atoms with Crippen molar-refractivity contribution in [2.75, 3.05) is 13.2 Å². The van der Waals surface area contributed by atoms with Gasteiger partial charge < -0.3 is 9.47 Å². The van der Waals surface area contributed by atoms with Gasteiger partial charge in [-0.3, -0.25) is 0 Å². The summed E-state index contributed by atoms with van der Waals surface area (Å²) in [4.78, 5) is 0. The van der Waals surface area contributed by atoms with Crippen molar-refractivity contribution >= 4 is 15.9 Å². The van der Waals surface area contributed by atoms with Crippen LogP contribution in [0.3, 0.4) is 0 Å². The fourth-order valence-corrected chi connectivity index (χ4v) is 1.64. The van der Waals surface area contributed by atoms with Gasteiger partial charge in [0.15, 0.2) is 0 Å². The Hall–Kier alpha value is -0.380. The van der Waals surface area contributed by atoms with Crippen LogP contribution in [0.1, 0.15) is 19.4 Å². The number of hydrogen-bond donors (Lipinski definition) is 0. The molecule has 1 aromatic carbocycles. The van der Waals surface area contributed by atoms with Crippen LogP contribution >= 0.6 is 15.9 Å². The van der Waals surface area contributed by atoms with Gasteiger partial charge in [0.25, 0.3) is 0 Å². The summed E-state index contributed by atoms with van der Waals surface area (Å²) in [6.45, 7) is 6.04. The fraction of sp³-hybridized carbons (Fsp3) is 0.500. The van der Waals surface area contributed by atoms with Crippen LogP contribution < -0.4 is 0 Å². The first kappa shape index (κ1) is 12.7. The number of hydrogen-bond acceptors (Lipinski definition) is 2. The zero-order chi connectivity index (χ0) is 11.1. The van der Waals surface area contributed by atoms with E-state index in [9.17, 15) is 0 Å². The Morgan fingerprint density at radius 3 is 2.87 bits per heavy atom. The Labute approximate surface area is 99.7 Å². The van der Waals surface area contributed by atoms with Gasteiger partial charge in [-0.1, -0.05) is 28.1 Å². The van der Waals surface area contributed by atoms with E-state index in [0.29, 0.717) is 13.2 Å². The molecule has 0 bridgehead atoms. The van der Waals surface area contributed by atoms with Crippen LogP contribution in [0.25, 0.3) is 0 Å². The van der Waals surface area contributed by atoms with E-state index in [1.165, 1.54) is 5.56 Å². The lowest BCUT2D eigenvalue weighted by atomic mass is 10.2. The van der Waals surface area contributed by atoms with Crippen molar-refractivity contribution in [2.45, 2.75) is 26.6 Å². The molecule has 0 spiro atoms. The van der Waals surface area contributed by atoms with E-state index in [1.54, 1.807) is 0 Å². The number of rotatable bonds is 6. The molecule has 1 atom stereocenters. The van der Waals surface area contributed by atoms with E-state index in [-0.39, 0.29) is 6.10 Å². The third-order valence-corrected chi connectivity index (χ3v) is 2.47. The average molecular weight is 273 g/mol. The molecular formula is C12H17BrO2. The molecule has 0 radical (unpaired) electrons. The molecule has 0 aromatic heterocycles. The third-order valence-electron chi connectivity index (χ3n) is 1.98.